The first-order valence-electron chi connectivity index (χ1n) is 6.54. The zero-order valence-corrected chi connectivity index (χ0v) is 13.6. The molecule has 1 saturated carbocycles. The average Bonchev–Trinajstić information content (AvgIpc) is 2.41. The molecule has 2 rings (SSSR count). The number of hydrogen-bond acceptors (Lipinski definition) is 4. The molecule has 1 aliphatic carbocycles. The smallest absolute Gasteiger partial charge is 0.238 e. The standard InChI is InChI=1S/C12H17ClN2O4S2/c13-11-7-6-10(20(14,16)17)8-12(11)15-21(18,19)9-4-2-1-3-5-9/h6-9,15H,1-5H2,(H2,14,16,17). The van der Waals surface area contributed by atoms with E-state index in [4.69, 9.17) is 16.7 Å². The molecule has 0 spiro atoms. The Morgan fingerprint density at radius 3 is 2.29 bits per heavy atom. The molecule has 1 fully saturated rings. The predicted octanol–water partition coefficient (Wildman–Crippen LogP) is 2.06. The summed E-state index contributed by atoms with van der Waals surface area (Å²) in [4.78, 5) is -0.187. The lowest BCUT2D eigenvalue weighted by atomic mass is 10.0. The van der Waals surface area contributed by atoms with Gasteiger partial charge in [0, 0.05) is 0 Å². The molecule has 0 bridgehead atoms. The van der Waals surface area contributed by atoms with Crippen molar-refractivity contribution in [2.75, 3.05) is 4.72 Å². The second-order valence-corrected chi connectivity index (χ2v) is 9.02. The van der Waals surface area contributed by atoms with Gasteiger partial charge in [-0.3, -0.25) is 4.72 Å². The molecule has 1 aromatic rings. The lowest BCUT2D eigenvalue weighted by Gasteiger charge is -2.22. The summed E-state index contributed by atoms with van der Waals surface area (Å²) in [5.74, 6) is 0. The van der Waals surface area contributed by atoms with Crippen molar-refractivity contribution < 1.29 is 16.8 Å². The van der Waals surface area contributed by atoms with Crippen LogP contribution in [0.4, 0.5) is 5.69 Å². The number of benzene rings is 1. The zero-order valence-electron chi connectivity index (χ0n) is 11.2. The average molecular weight is 353 g/mol. The quantitative estimate of drug-likeness (QED) is 0.864. The van der Waals surface area contributed by atoms with Gasteiger partial charge in [0.15, 0.2) is 0 Å². The van der Waals surface area contributed by atoms with E-state index in [0.29, 0.717) is 12.8 Å². The summed E-state index contributed by atoms with van der Waals surface area (Å²) in [5.41, 5.74) is 0.0359. The molecule has 21 heavy (non-hydrogen) atoms. The summed E-state index contributed by atoms with van der Waals surface area (Å²) < 4.78 is 49.7. The Hall–Kier alpha value is -0.830. The first-order valence-corrected chi connectivity index (χ1v) is 10.0. The Balaban J connectivity index is 2.30. The Morgan fingerprint density at radius 1 is 1.10 bits per heavy atom. The van der Waals surface area contributed by atoms with Gasteiger partial charge in [-0.15, -0.1) is 0 Å². The molecule has 118 valence electrons. The van der Waals surface area contributed by atoms with Crippen molar-refractivity contribution >= 4 is 37.3 Å². The van der Waals surface area contributed by atoms with Gasteiger partial charge in [0.05, 0.1) is 20.9 Å². The molecule has 1 aliphatic rings. The van der Waals surface area contributed by atoms with Gasteiger partial charge in [0.2, 0.25) is 20.0 Å². The lowest BCUT2D eigenvalue weighted by Crippen LogP contribution is -2.29. The minimum absolute atomic E-state index is 0.0359. The van der Waals surface area contributed by atoms with Crippen LogP contribution in [0.5, 0.6) is 0 Å². The van der Waals surface area contributed by atoms with Crippen molar-refractivity contribution in [1.82, 2.24) is 0 Å². The second kappa shape index (κ2) is 6.12. The minimum Gasteiger partial charge on any atom is -0.282 e. The molecule has 0 saturated heterocycles. The van der Waals surface area contributed by atoms with Crippen molar-refractivity contribution in [3.63, 3.8) is 0 Å². The van der Waals surface area contributed by atoms with Crippen LogP contribution < -0.4 is 9.86 Å². The molecule has 0 amide bonds. The van der Waals surface area contributed by atoms with Crippen LogP contribution in [0.1, 0.15) is 32.1 Å². The fraction of sp³-hybridized carbons (Fsp3) is 0.500. The van der Waals surface area contributed by atoms with Crippen LogP contribution in [0.15, 0.2) is 23.1 Å². The Labute approximate surface area is 129 Å². The molecule has 6 nitrogen and oxygen atoms in total. The van der Waals surface area contributed by atoms with Crippen LogP contribution in [0.25, 0.3) is 0 Å². The molecule has 3 N–H and O–H groups in total. The highest BCUT2D eigenvalue weighted by molar-refractivity contribution is 7.93. The van der Waals surface area contributed by atoms with Crippen LogP contribution in [0.2, 0.25) is 5.02 Å². The maximum atomic E-state index is 12.3. The highest BCUT2D eigenvalue weighted by atomic mass is 35.5. The Morgan fingerprint density at radius 2 is 1.71 bits per heavy atom. The first-order chi connectivity index (χ1) is 9.70. The van der Waals surface area contributed by atoms with Gasteiger partial charge in [-0.2, -0.15) is 0 Å². The Kier molecular flexibility index (Phi) is 4.82. The number of nitrogens with one attached hydrogen (secondary N) is 1. The maximum absolute atomic E-state index is 12.3. The van der Waals surface area contributed by atoms with Crippen molar-refractivity contribution in [3.05, 3.63) is 23.2 Å². The van der Waals surface area contributed by atoms with Gasteiger partial charge in [-0.05, 0) is 31.0 Å². The fourth-order valence-corrected chi connectivity index (χ4v) is 4.73. The van der Waals surface area contributed by atoms with Crippen LogP contribution >= 0.6 is 11.6 Å². The van der Waals surface area contributed by atoms with Crippen LogP contribution in [0, 0.1) is 0 Å². The molecule has 0 aliphatic heterocycles. The molecule has 0 unspecified atom stereocenters. The van der Waals surface area contributed by atoms with E-state index >= 15 is 0 Å². The summed E-state index contributed by atoms with van der Waals surface area (Å²) in [6, 6.07) is 3.67. The van der Waals surface area contributed by atoms with Crippen molar-refractivity contribution in [2.24, 2.45) is 5.14 Å². The third-order valence-corrected chi connectivity index (χ3v) is 6.60. The van der Waals surface area contributed by atoms with E-state index in [1.54, 1.807) is 0 Å². The number of halogens is 1. The summed E-state index contributed by atoms with van der Waals surface area (Å²) in [7, 11) is -7.51. The summed E-state index contributed by atoms with van der Waals surface area (Å²) >= 11 is 5.93. The van der Waals surface area contributed by atoms with Gasteiger partial charge < -0.3 is 0 Å². The molecule has 0 radical (unpaired) electrons. The van der Waals surface area contributed by atoms with Gasteiger partial charge in [0.25, 0.3) is 0 Å². The molecular weight excluding hydrogens is 336 g/mol. The summed E-state index contributed by atoms with van der Waals surface area (Å²) in [6.45, 7) is 0. The van der Waals surface area contributed by atoms with E-state index in [2.05, 4.69) is 4.72 Å². The van der Waals surface area contributed by atoms with E-state index in [9.17, 15) is 16.8 Å². The number of anilines is 1. The zero-order chi connectivity index (χ0) is 15.7. The van der Waals surface area contributed by atoms with Gasteiger partial charge in [-0.25, -0.2) is 22.0 Å². The highest BCUT2D eigenvalue weighted by Gasteiger charge is 2.28. The molecular formula is C12H17ClN2O4S2. The third-order valence-electron chi connectivity index (χ3n) is 3.51. The van der Waals surface area contributed by atoms with Gasteiger partial charge in [0.1, 0.15) is 0 Å². The summed E-state index contributed by atoms with van der Waals surface area (Å²) in [6.07, 6.45) is 3.98. The highest BCUT2D eigenvalue weighted by Crippen LogP contribution is 2.29. The van der Waals surface area contributed by atoms with E-state index in [-0.39, 0.29) is 15.6 Å². The number of hydrogen-bond donors (Lipinski definition) is 2. The minimum atomic E-state index is -3.92. The Bertz CT molecular complexity index is 726. The maximum Gasteiger partial charge on any atom is 0.238 e. The fourth-order valence-electron chi connectivity index (χ4n) is 2.37. The van der Waals surface area contributed by atoms with Crippen LogP contribution in [-0.2, 0) is 20.0 Å². The van der Waals surface area contributed by atoms with Gasteiger partial charge in [-0.1, -0.05) is 30.9 Å². The first kappa shape index (κ1) is 16.5. The second-order valence-electron chi connectivity index (χ2n) is 5.09. The summed E-state index contributed by atoms with van der Waals surface area (Å²) in [5, 5.41) is 4.69. The SMILES string of the molecule is NS(=O)(=O)c1ccc(Cl)c(NS(=O)(=O)C2CCCCC2)c1. The van der Waals surface area contributed by atoms with E-state index < -0.39 is 25.3 Å². The van der Waals surface area contributed by atoms with E-state index in [0.717, 1.165) is 25.3 Å². The number of primary sulfonamides is 1. The molecule has 9 heteroatoms. The monoisotopic (exact) mass is 352 g/mol. The van der Waals surface area contributed by atoms with Gasteiger partial charge >= 0.3 is 0 Å². The molecule has 0 atom stereocenters. The van der Waals surface area contributed by atoms with Crippen LogP contribution in [0.3, 0.4) is 0 Å². The molecule has 0 heterocycles. The topological polar surface area (TPSA) is 106 Å². The number of sulfonamides is 2. The normalized spacial score (nSPS) is 17.6. The number of rotatable bonds is 4. The van der Waals surface area contributed by atoms with E-state index in [1.807, 2.05) is 0 Å². The van der Waals surface area contributed by atoms with Crippen molar-refractivity contribution in [3.8, 4) is 0 Å². The third kappa shape index (κ3) is 4.09. The number of nitrogens with two attached hydrogens (primary N) is 1. The van der Waals surface area contributed by atoms with Crippen molar-refractivity contribution in [1.29, 1.82) is 0 Å². The molecule has 0 aromatic heterocycles. The van der Waals surface area contributed by atoms with E-state index in [1.165, 1.54) is 12.1 Å². The van der Waals surface area contributed by atoms with Crippen molar-refractivity contribution in [2.45, 2.75) is 42.2 Å². The largest absolute Gasteiger partial charge is 0.282 e. The lowest BCUT2D eigenvalue weighted by molar-refractivity contribution is 0.486. The predicted molar refractivity (Wildman–Crippen MR) is 82.2 cm³/mol. The molecule has 1 aromatic carbocycles. The van der Waals surface area contributed by atoms with Crippen LogP contribution in [-0.4, -0.2) is 22.1 Å².